The molecule has 1 aliphatic rings. The minimum Gasteiger partial charge on any atom is -0.468 e. The average molecular weight is 310 g/mol. The number of hydrogen-bond donors (Lipinski definition) is 1. The summed E-state index contributed by atoms with van der Waals surface area (Å²) in [6.45, 7) is 1.73. The fourth-order valence-corrected chi connectivity index (χ4v) is 2.29. The van der Waals surface area contributed by atoms with Crippen molar-refractivity contribution in [3.8, 4) is 11.5 Å². The van der Waals surface area contributed by atoms with Crippen LogP contribution in [-0.2, 0) is 13.1 Å². The topological polar surface area (TPSA) is 43.6 Å². The van der Waals surface area contributed by atoms with Gasteiger partial charge in [-0.1, -0.05) is 15.9 Å². The van der Waals surface area contributed by atoms with Crippen molar-refractivity contribution >= 4 is 15.9 Å². The Morgan fingerprint density at radius 1 is 1.17 bits per heavy atom. The van der Waals surface area contributed by atoms with Crippen LogP contribution in [0.1, 0.15) is 11.3 Å². The molecule has 0 saturated heterocycles. The Bertz CT molecular complexity index is 539. The minimum atomic E-state index is 0.297. The highest BCUT2D eigenvalue weighted by Crippen LogP contribution is 2.36. The fraction of sp³-hybridized carbons (Fsp3) is 0.231. The van der Waals surface area contributed by atoms with Gasteiger partial charge in [0.1, 0.15) is 5.76 Å². The number of rotatable bonds is 4. The van der Waals surface area contributed by atoms with Gasteiger partial charge in [0.05, 0.1) is 12.8 Å². The van der Waals surface area contributed by atoms with Gasteiger partial charge in [0.15, 0.2) is 11.5 Å². The number of fused-ring (bicyclic) bond motifs is 1. The molecule has 0 amide bonds. The van der Waals surface area contributed by atoms with Gasteiger partial charge in [-0.15, -0.1) is 0 Å². The minimum absolute atomic E-state index is 0.297. The molecule has 0 radical (unpaired) electrons. The molecule has 0 atom stereocenters. The SMILES string of the molecule is Brc1cc2c(cc1CNCc1ccco1)OCO2. The molecule has 0 unspecified atom stereocenters. The molecule has 2 heterocycles. The molecule has 2 aromatic rings. The van der Waals surface area contributed by atoms with E-state index < -0.39 is 0 Å². The van der Waals surface area contributed by atoms with Crippen LogP contribution >= 0.6 is 15.9 Å². The summed E-state index contributed by atoms with van der Waals surface area (Å²) in [6.07, 6.45) is 1.67. The molecule has 1 N–H and O–H groups in total. The second-order valence-electron chi connectivity index (χ2n) is 3.98. The van der Waals surface area contributed by atoms with E-state index in [1.165, 1.54) is 0 Å². The van der Waals surface area contributed by atoms with Gasteiger partial charge in [-0.2, -0.15) is 0 Å². The van der Waals surface area contributed by atoms with E-state index in [0.717, 1.165) is 33.8 Å². The first kappa shape index (κ1) is 11.6. The van der Waals surface area contributed by atoms with Crippen LogP contribution in [0.5, 0.6) is 11.5 Å². The van der Waals surface area contributed by atoms with Crippen molar-refractivity contribution in [3.63, 3.8) is 0 Å². The first-order valence-electron chi connectivity index (χ1n) is 5.64. The van der Waals surface area contributed by atoms with Crippen LogP contribution in [0.4, 0.5) is 0 Å². The van der Waals surface area contributed by atoms with Gasteiger partial charge in [0, 0.05) is 11.0 Å². The van der Waals surface area contributed by atoms with Crippen LogP contribution in [0.15, 0.2) is 39.4 Å². The first-order chi connectivity index (χ1) is 8.83. The average Bonchev–Trinajstić information content (AvgIpc) is 3.00. The maximum Gasteiger partial charge on any atom is 0.231 e. The van der Waals surface area contributed by atoms with E-state index in [0.29, 0.717) is 13.3 Å². The lowest BCUT2D eigenvalue weighted by Crippen LogP contribution is -2.12. The Morgan fingerprint density at radius 3 is 2.78 bits per heavy atom. The van der Waals surface area contributed by atoms with Crippen molar-refractivity contribution < 1.29 is 13.9 Å². The molecule has 0 fully saturated rings. The number of halogens is 1. The van der Waals surface area contributed by atoms with E-state index in [4.69, 9.17) is 13.9 Å². The Kier molecular flexibility index (Phi) is 3.25. The van der Waals surface area contributed by atoms with E-state index in [9.17, 15) is 0 Å². The predicted molar refractivity (Wildman–Crippen MR) is 69.5 cm³/mol. The third-order valence-corrected chi connectivity index (χ3v) is 3.47. The molecule has 1 aliphatic heterocycles. The standard InChI is InChI=1S/C13H12BrNO3/c14-11-5-13-12(17-8-18-13)4-9(11)6-15-7-10-2-1-3-16-10/h1-5,15H,6-8H2. The highest BCUT2D eigenvalue weighted by Gasteiger charge is 2.15. The lowest BCUT2D eigenvalue weighted by molar-refractivity contribution is 0.174. The van der Waals surface area contributed by atoms with Crippen molar-refractivity contribution in [3.05, 3.63) is 46.3 Å². The number of benzene rings is 1. The van der Waals surface area contributed by atoms with Crippen molar-refractivity contribution in [2.45, 2.75) is 13.1 Å². The molecular weight excluding hydrogens is 298 g/mol. The molecular formula is C13H12BrNO3. The fourth-order valence-electron chi connectivity index (χ4n) is 1.83. The van der Waals surface area contributed by atoms with Crippen LogP contribution < -0.4 is 14.8 Å². The summed E-state index contributed by atoms with van der Waals surface area (Å²) in [5.41, 5.74) is 1.13. The van der Waals surface area contributed by atoms with Gasteiger partial charge in [-0.3, -0.25) is 0 Å². The van der Waals surface area contributed by atoms with Crippen molar-refractivity contribution in [1.82, 2.24) is 5.32 Å². The normalized spacial score (nSPS) is 12.9. The third-order valence-electron chi connectivity index (χ3n) is 2.74. The van der Waals surface area contributed by atoms with Crippen LogP contribution in [-0.4, -0.2) is 6.79 Å². The van der Waals surface area contributed by atoms with Crippen LogP contribution in [0.3, 0.4) is 0 Å². The van der Waals surface area contributed by atoms with Gasteiger partial charge in [0.25, 0.3) is 0 Å². The van der Waals surface area contributed by atoms with E-state index >= 15 is 0 Å². The summed E-state index contributed by atoms with van der Waals surface area (Å²) in [5.74, 6) is 2.51. The molecule has 94 valence electrons. The van der Waals surface area contributed by atoms with Gasteiger partial charge < -0.3 is 19.2 Å². The zero-order chi connectivity index (χ0) is 12.4. The summed E-state index contributed by atoms with van der Waals surface area (Å²) in [5, 5.41) is 3.32. The van der Waals surface area contributed by atoms with E-state index in [1.54, 1.807) is 6.26 Å². The van der Waals surface area contributed by atoms with Crippen molar-refractivity contribution in [1.29, 1.82) is 0 Å². The Morgan fingerprint density at radius 2 is 2.00 bits per heavy atom. The van der Waals surface area contributed by atoms with Crippen molar-refractivity contribution in [2.24, 2.45) is 0 Å². The van der Waals surface area contributed by atoms with Gasteiger partial charge >= 0.3 is 0 Å². The van der Waals surface area contributed by atoms with Crippen LogP contribution in [0, 0.1) is 0 Å². The van der Waals surface area contributed by atoms with E-state index in [-0.39, 0.29) is 0 Å². The first-order valence-corrected chi connectivity index (χ1v) is 6.43. The lowest BCUT2D eigenvalue weighted by Gasteiger charge is -2.07. The highest BCUT2D eigenvalue weighted by molar-refractivity contribution is 9.10. The summed E-state index contributed by atoms with van der Waals surface area (Å²) >= 11 is 3.53. The quantitative estimate of drug-likeness (QED) is 0.942. The lowest BCUT2D eigenvalue weighted by atomic mass is 10.2. The molecule has 1 aromatic heterocycles. The van der Waals surface area contributed by atoms with Crippen LogP contribution in [0.2, 0.25) is 0 Å². The molecule has 1 aromatic carbocycles. The summed E-state index contributed by atoms with van der Waals surface area (Å²) in [4.78, 5) is 0. The number of ether oxygens (including phenoxy) is 2. The Balaban J connectivity index is 1.66. The molecule has 0 bridgehead atoms. The van der Waals surface area contributed by atoms with E-state index in [1.807, 2.05) is 24.3 Å². The molecule has 5 heteroatoms. The summed E-state index contributed by atoms with van der Waals surface area (Å²) in [7, 11) is 0. The molecule has 4 nitrogen and oxygen atoms in total. The Hall–Kier alpha value is -1.46. The molecule has 0 spiro atoms. The monoisotopic (exact) mass is 309 g/mol. The zero-order valence-electron chi connectivity index (χ0n) is 9.61. The smallest absolute Gasteiger partial charge is 0.231 e. The van der Waals surface area contributed by atoms with Crippen LogP contribution in [0.25, 0.3) is 0 Å². The number of hydrogen-bond acceptors (Lipinski definition) is 4. The maximum absolute atomic E-state index is 5.36. The number of furan rings is 1. The van der Waals surface area contributed by atoms with Gasteiger partial charge in [0.2, 0.25) is 6.79 Å². The summed E-state index contributed by atoms with van der Waals surface area (Å²) in [6, 6.07) is 7.75. The molecule has 0 saturated carbocycles. The molecule has 0 aliphatic carbocycles. The third kappa shape index (κ3) is 2.37. The maximum atomic E-state index is 5.36. The van der Waals surface area contributed by atoms with Gasteiger partial charge in [-0.05, 0) is 29.8 Å². The van der Waals surface area contributed by atoms with Crippen molar-refractivity contribution in [2.75, 3.05) is 6.79 Å². The largest absolute Gasteiger partial charge is 0.468 e. The highest BCUT2D eigenvalue weighted by atomic mass is 79.9. The molecule has 3 rings (SSSR count). The summed E-state index contributed by atoms with van der Waals surface area (Å²) < 4.78 is 16.9. The second-order valence-corrected chi connectivity index (χ2v) is 4.83. The zero-order valence-corrected chi connectivity index (χ0v) is 11.2. The second kappa shape index (κ2) is 5.04. The predicted octanol–water partition coefficient (Wildman–Crippen LogP) is 3.06. The van der Waals surface area contributed by atoms with E-state index in [2.05, 4.69) is 21.2 Å². The number of nitrogens with one attached hydrogen (secondary N) is 1. The van der Waals surface area contributed by atoms with Gasteiger partial charge in [-0.25, -0.2) is 0 Å². The Labute approximate surface area is 113 Å². The molecule has 18 heavy (non-hydrogen) atoms.